The number of hydrogen-bond donors (Lipinski definition) is 0. The van der Waals surface area contributed by atoms with Crippen LogP contribution in [-0.2, 0) is 0 Å². The number of hydrogen-bond acceptors (Lipinski definition) is 3. The lowest BCUT2D eigenvalue weighted by Gasteiger charge is -2.06. The van der Waals surface area contributed by atoms with E-state index in [0.29, 0.717) is 10.1 Å². The molecular weight excluding hydrogens is 285 g/mol. The maximum absolute atomic E-state index is 13.7. The zero-order valence-corrected chi connectivity index (χ0v) is 10.8. The zero-order chi connectivity index (χ0) is 14.1. The topological polar surface area (TPSA) is 25.8 Å². The maximum Gasteiger partial charge on any atom is 0.195 e. The molecule has 3 aromatic rings. The van der Waals surface area contributed by atoms with E-state index >= 15 is 0 Å². The molecule has 2 heterocycles. The largest absolute Gasteiger partial charge is 0.250 e. The van der Waals surface area contributed by atoms with E-state index in [1.165, 1.54) is 12.3 Å². The molecule has 0 saturated heterocycles. The first-order valence-corrected chi connectivity index (χ1v) is 6.49. The molecule has 0 N–H and O–H groups in total. The highest BCUT2D eigenvalue weighted by Crippen LogP contribution is 2.32. The average molecular weight is 292 g/mol. The Morgan fingerprint density at radius 1 is 0.850 bits per heavy atom. The van der Waals surface area contributed by atoms with Crippen LogP contribution in [0.1, 0.15) is 0 Å². The third-order valence-corrected chi connectivity index (χ3v) is 3.67. The molecule has 20 heavy (non-hydrogen) atoms. The molecule has 1 aromatic carbocycles. The number of benzene rings is 1. The van der Waals surface area contributed by atoms with Crippen LogP contribution in [0.5, 0.6) is 0 Å². The molecule has 2 aromatic heterocycles. The van der Waals surface area contributed by atoms with Crippen LogP contribution >= 0.6 is 11.8 Å². The number of pyridine rings is 2. The van der Waals surface area contributed by atoms with Gasteiger partial charge in [-0.2, -0.15) is 0 Å². The zero-order valence-electron chi connectivity index (χ0n) is 9.98. The van der Waals surface area contributed by atoms with E-state index in [4.69, 9.17) is 0 Å². The van der Waals surface area contributed by atoms with Crippen molar-refractivity contribution in [1.82, 2.24) is 9.97 Å². The number of aromatic nitrogens is 2. The molecule has 0 fully saturated rings. The minimum atomic E-state index is -1.47. The van der Waals surface area contributed by atoms with Gasteiger partial charge in [-0.1, -0.05) is 6.07 Å². The predicted octanol–water partition coefficient (Wildman–Crippen LogP) is 4.20. The number of halogens is 3. The summed E-state index contributed by atoms with van der Waals surface area (Å²) < 4.78 is 40.3. The average Bonchev–Trinajstić information content (AvgIpc) is 2.47. The molecular formula is C14H7F3N2S. The molecule has 0 aliphatic heterocycles. The summed E-state index contributed by atoms with van der Waals surface area (Å²) in [5.41, 5.74) is 0. The van der Waals surface area contributed by atoms with E-state index in [1.807, 2.05) is 0 Å². The fraction of sp³-hybridized carbons (Fsp3) is 0. The third kappa shape index (κ3) is 2.22. The van der Waals surface area contributed by atoms with E-state index in [2.05, 4.69) is 9.97 Å². The van der Waals surface area contributed by atoms with Gasteiger partial charge in [-0.3, -0.25) is 0 Å². The van der Waals surface area contributed by atoms with Crippen LogP contribution in [0.15, 0.2) is 52.8 Å². The summed E-state index contributed by atoms with van der Waals surface area (Å²) in [5.74, 6) is -3.91. The summed E-state index contributed by atoms with van der Waals surface area (Å²) >= 11 is 1.16. The molecule has 0 aliphatic carbocycles. The van der Waals surface area contributed by atoms with Crippen molar-refractivity contribution in [3.8, 4) is 0 Å². The van der Waals surface area contributed by atoms with E-state index in [-0.39, 0.29) is 10.8 Å². The van der Waals surface area contributed by atoms with Crippen LogP contribution in [0.4, 0.5) is 13.2 Å². The van der Waals surface area contributed by atoms with Crippen molar-refractivity contribution in [1.29, 1.82) is 0 Å². The minimum absolute atomic E-state index is 0.00247. The van der Waals surface area contributed by atoms with Crippen molar-refractivity contribution in [2.75, 3.05) is 0 Å². The Labute approximate surface area is 116 Å². The molecule has 0 spiro atoms. The first kappa shape index (κ1) is 12.9. The van der Waals surface area contributed by atoms with Crippen molar-refractivity contribution < 1.29 is 13.2 Å². The van der Waals surface area contributed by atoms with Gasteiger partial charge in [0, 0.05) is 23.2 Å². The molecule has 0 saturated carbocycles. The van der Waals surface area contributed by atoms with Gasteiger partial charge < -0.3 is 0 Å². The second-order valence-electron chi connectivity index (χ2n) is 3.97. The first-order valence-electron chi connectivity index (χ1n) is 5.68. The molecule has 0 radical (unpaired) electrons. The Morgan fingerprint density at radius 3 is 2.45 bits per heavy atom. The summed E-state index contributed by atoms with van der Waals surface area (Å²) in [7, 11) is 0. The summed E-state index contributed by atoms with van der Waals surface area (Å²) in [5, 5.41) is 1.23. The Morgan fingerprint density at radius 2 is 1.70 bits per heavy atom. The Bertz CT molecular complexity index is 778. The van der Waals surface area contributed by atoms with Crippen LogP contribution in [0.2, 0.25) is 0 Å². The van der Waals surface area contributed by atoms with Gasteiger partial charge in [0.25, 0.3) is 0 Å². The predicted molar refractivity (Wildman–Crippen MR) is 70.0 cm³/mol. The summed E-state index contributed by atoms with van der Waals surface area (Å²) in [6.45, 7) is 0. The fourth-order valence-electron chi connectivity index (χ4n) is 1.79. The molecule has 100 valence electrons. The molecule has 0 unspecified atom stereocenters. The van der Waals surface area contributed by atoms with Crippen LogP contribution in [0, 0.1) is 17.5 Å². The SMILES string of the molecule is Fc1cc2c(Sc3ccccn3)nccc2c(F)c1F. The lowest BCUT2D eigenvalue weighted by atomic mass is 10.1. The summed E-state index contributed by atoms with van der Waals surface area (Å²) in [6.07, 6.45) is 2.96. The maximum atomic E-state index is 13.7. The second kappa shape index (κ2) is 5.13. The van der Waals surface area contributed by atoms with Gasteiger partial charge in [0.1, 0.15) is 10.1 Å². The van der Waals surface area contributed by atoms with Gasteiger partial charge >= 0.3 is 0 Å². The van der Waals surface area contributed by atoms with E-state index in [1.54, 1.807) is 24.4 Å². The number of nitrogens with zero attached hydrogens (tertiary/aromatic N) is 2. The van der Waals surface area contributed by atoms with Gasteiger partial charge in [0.15, 0.2) is 17.5 Å². The molecule has 0 bridgehead atoms. The van der Waals surface area contributed by atoms with E-state index in [0.717, 1.165) is 17.8 Å². The summed E-state index contributed by atoms with van der Waals surface area (Å²) in [6, 6.07) is 7.57. The highest BCUT2D eigenvalue weighted by Gasteiger charge is 2.16. The smallest absolute Gasteiger partial charge is 0.195 e. The Kier molecular flexibility index (Phi) is 3.31. The molecule has 3 rings (SSSR count). The minimum Gasteiger partial charge on any atom is -0.250 e. The van der Waals surface area contributed by atoms with E-state index in [9.17, 15) is 13.2 Å². The van der Waals surface area contributed by atoms with Gasteiger partial charge in [-0.05, 0) is 36.0 Å². The van der Waals surface area contributed by atoms with Gasteiger partial charge in [0.05, 0.1) is 0 Å². The van der Waals surface area contributed by atoms with Crippen molar-refractivity contribution in [3.63, 3.8) is 0 Å². The quantitative estimate of drug-likeness (QED) is 0.662. The Balaban J connectivity index is 2.17. The molecule has 2 nitrogen and oxygen atoms in total. The Hall–Kier alpha value is -2.08. The first-order chi connectivity index (χ1) is 9.66. The van der Waals surface area contributed by atoms with Crippen molar-refractivity contribution >= 4 is 22.5 Å². The fourth-order valence-corrected chi connectivity index (χ4v) is 2.64. The standard InChI is InChI=1S/C14H7F3N2S/c15-10-7-9-8(12(16)13(10)17)4-6-19-14(9)20-11-3-1-2-5-18-11/h1-7H. The number of fused-ring (bicyclic) bond motifs is 1. The van der Waals surface area contributed by atoms with Crippen LogP contribution < -0.4 is 0 Å². The normalized spacial score (nSPS) is 10.9. The lowest BCUT2D eigenvalue weighted by molar-refractivity contribution is 0.453. The van der Waals surface area contributed by atoms with Gasteiger partial charge in [-0.15, -0.1) is 0 Å². The van der Waals surface area contributed by atoms with Crippen LogP contribution in [0.3, 0.4) is 0 Å². The van der Waals surface area contributed by atoms with E-state index < -0.39 is 17.5 Å². The third-order valence-electron chi connectivity index (χ3n) is 2.70. The molecule has 0 atom stereocenters. The molecule has 6 heteroatoms. The van der Waals surface area contributed by atoms with Crippen LogP contribution in [-0.4, -0.2) is 9.97 Å². The highest BCUT2D eigenvalue weighted by molar-refractivity contribution is 7.99. The number of rotatable bonds is 2. The van der Waals surface area contributed by atoms with Crippen molar-refractivity contribution in [2.45, 2.75) is 10.1 Å². The van der Waals surface area contributed by atoms with Gasteiger partial charge in [0.2, 0.25) is 0 Å². The second-order valence-corrected chi connectivity index (χ2v) is 4.98. The van der Waals surface area contributed by atoms with Crippen LogP contribution in [0.25, 0.3) is 10.8 Å². The molecule has 0 amide bonds. The van der Waals surface area contributed by atoms with Crippen molar-refractivity contribution in [2.24, 2.45) is 0 Å². The highest BCUT2D eigenvalue weighted by atomic mass is 32.2. The van der Waals surface area contributed by atoms with Crippen molar-refractivity contribution in [3.05, 3.63) is 60.2 Å². The monoisotopic (exact) mass is 292 g/mol. The lowest BCUT2D eigenvalue weighted by Crippen LogP contribution is -1.94. The molecule has 0 aliphatic rings. The summed E-state index contributed by atoms with van der Waals surface area (Å²) in [4.78, 5) is 8.19. The van der Waals surface area contributed by atoms with Gasteiger partial charge in [-0.25, -0.2) is 23.1 Å².